The fourth-order valence-electron chi connectivity index (χ4n) is 4.04. The van der Waals surface area contributed by atoms with E-state index in [2.05, 4.69) is 40.1 Å². The average Bonchev–Trinajstić information content (AvgIpc) is 3.38. The maximum Gasteiger partial charge on any atom is 0.417 e. The SMILES string of the molecule is Cc1cc(-c2cnc(C3CCCC3)[nH]2)ccc1CCc1ccc(C(F)(F)F)cn1. The third-order valence-corrected chi connectivity index (χ3v) is 5.79. The normalized spacial score (nSPS) is 15.2. The highest BCUT2D eigenvalue weighted by atomic mass is 19.4. The first-order valence-corrected chi connectivity index (χ1v) is 10.1. The monoisotopic (exact) mass is 399 g/mol. The lowest BCUT2D eigenvalue weighted by molar-refractivity contribution is -0.137. The number of alkyl halides is 3. The molecule has 6 heteroatoms. The second kappa shape index (κ2) is 8.01. The average molecular weight is 399 g/mol. The van der Waals surface area contributed by atoms with Gasteiger partial charge in [0.05, 0.1) is 17.5 Å². The summed E-state index contributed by atoms with van der Waals surface area (Å²) >= 11 is 0. The highest BCUT2D eigenvalue weighted by Crippen LogP contribution is 2.33. The van der Waals surface area contributed by atoms with E-state index in [4.69, 9.17) is 0 Å². The molecule has 1 N–H and O–H groups in total. The van der Waals surface area contributed by atoms with E-state index in [0.717, 1.165) is 41.3 Å². The fraction of sp³-hybridized carbons (Fsp3) is 0.391. The molecule has 152 valence electrons. The lowest BCUT2D eigenvalue weighted by Gasteiger charge is -2.09. The number of benzene rings is 1. The smallest absolute Gasteiger partial charge is 0.342 e. The summed E-state index contributed by atoms with van der Waals surface area (Å²) in [6.45, 7) is 2.06. The van der Waals surface area contributed by atoms with Crippen LogP contribution < -0.4 is 0 Å². The second-order valence-electron chi connectivity index (χ2n) is 7.84. The van der Waals surface area contributed by atoms with Crippen LogP contribution in [0.2, 0.25) is 0 Å². The third kappa shape index (κ3) is 4.52. The summed E-state index contributed by atoms with van der Waals surface area (Å²) in [5.41, 5.74) is 4.42. The minimum atomic E-state index is -4.34. The van der Waals surface area contributed by atoms with Crippen LogP contribution in [0, 0.1) is 6.92 Å². The quantitative estimate of drug-likeness (QED) is 0.552. The highest BCUT2D eigenvalue weighted by Gasteiger charge is 2.30. The van der Waals surface area contributed by atoms with Gasteiger partial charge in [-0.2, -0.15) is 13.2 Å². The van der Waals surface area contributed by atoms with Crippen LogP contribution in [-0.2, 0) is 19.0 Å². The van der Waals surface area contributed by atoms with E-state index in [9.17, 15) is 13.2 Å². The maximum atomic E-state index is 12.6. The number of imidazole rings is 1. The van der Waals surface area contributed by atoms with E-state index < -0.39 is 11.7 Å². The molecule has 3 nitrogen and oxygen atoms in total. The van der Waals surface area contributed by atoms with Crippen LogP contribution in [-0.4, -0.2) is 15.0 Å². The molecule has 1 fully saturated rings. The first-order chi connectivity index (χ1) is 13.9. The number of aryl methyl sites for hydroxylation is 3. The van der Waals surface area contributed by atoms with Crippen molar-refractivity contribution in [3.05, 3.63) is 70.9 Å². The summed E-state index contributed by atoms with van der Waals surface area (Å²) < 4.78 is 37.9. The van der Waals surface area contributed by atoms with Crippen LogP contribution >= 0.6 is 0 Å². The first-order valence-electron chi connectivity index (χ1n) is 10.1. The molecule has 1 aromatic carbocycles. The van der Waals surface area contributed by atoms with Gasteiger partial charge in [-0.25, -0.2) is 4.98 Å². The largest absolute Gasteiger partial charge is 0.417 e. The van der Waals surface area contributed by atoms with Crippen molar-refractivity contribution >= 4 is 0 Å². The summed E-state index contributed by atoms with van der Waals surface area (Å²) in [7, 11) is 0. The number of aromatic nitrogens is 3. The standard InChI is InChI=1S/C23H24F3N3/c1-15-12-18(21-14-28-22(29-21)17-4-2-3-5-17)7-6-16(15)8-10-20-11-9-19(13-27-20)23(24,25)26/h6-7,9,11-14,17H,2-5,8,10H2,1H3,(H,28,29). The van der Waals surface area contributed by atoms with E-state index in [1.54, 1.807) is 0 Å². The van der Waals surface area contributed by atoms with Crippen molar-refractivity contribution in [2.45, 2.75) is 57.5 Å². The van der Waals surface area contributed by atoms with E-state index in [1.165, 1.54) is 37.3 Å². The predicted octanol–water partition coefficient (Wildman–Crippen LogP) is 6.24. The van der Waals surface area contributed by atoms with Crippen LogP contribution in [0.3, 0.4) is 0 Å². The number of pyridine rings is 1. The molecule has 0 radical (unpaired) electrons. The summed E-state index contributed by atoms with van der Waals surface area (Å²) in [6.07, 6.45) is 4.80. The van der Waals surface area contributed by atoms with E-state index in [-0.39, 0.29) is 0 Å². The Labute approximate surface area is 168 Å². The molecule has 29 heavy (non-hydrogen) atoms. The number of aromatic amines is 1. The van der Waals surface area contributed by atoms with Crippen LogP contribution in [0.15, 0.2) is 42.7 Å². The zero-order chi connectivity index (χ0) is 20.4. The molecule has 0 saturated heterocycles. The molecule has 1 saturated carbocycles. The molecule has 0 unspecified atom stereocenters. The minimum absolute atomic E-state index is 0.556. The van der Waals surface area contributed by atoms with E-state index >= 15 is 0 Å². The van der Waals surface area contributed by atoms with Crippen molar-refractivity contribution in [1.29, 1.82) is 0 Å². The maximum absolute atomic E-state index is 12.6. The summed E-state index contributed by atoms with van der Waals surface area (Å²) in [5.74, 6) is 1.65. The molecule has 2 aromatic heterocycles. The van der Waals surface area contributed by atoms with Crippen molar-refractivity contribution in [3.63, 3.8) is 0 Å². The Morgan fingerprint density at radius 3 is 2.45 bits per heavy atom. The van der Waals surface area contributed by atoms with Gasteiger partial charge in [0.15, 0.2) is 0 Å². The van der Waals surface area contributed by atoms with Gasteiger partial charge in [-0.05, 0) is 67.5 Å². The van der Waals surface area contributed by atoms with Crippen LogP contribution in [0.4, 0.5) is 13.2 Å². The first kappa shape index (κ1) is 19.7. The molecule has 0 spiro atoms. The lowest BCUT2D eigenvalue weighted by atomic mass is 9.99. The van der Waals surface area contributed by atoms with E-state index in [1.807, 2.05) is 6.20 Å². The summed E-state index contributed by atoms with van der Waals surface area (Å²) in [4.78, 5) is 12.0. The molecule has 0 amide bonds. The number of hydrogen-bond donors (Lipinski definition) is 1. The molecule has 1 aliphatic rings. The Kier molecular flexibility index (Phi) is 5.43. The van der Waals surface area contributed by atoms with Crippen LogP contribution in [0.25, 0.3) is 11.3 Å². The molecule has 4 rings (SSSR count). The van der Waals surface area contributed by atoms with Gasteiger partial charge in [-0.3, -0.25) is 4.98 Å². The zero-order valence-electron chi connectivity index (χ0n) is 16.4. The molecule has 0 aliphatic heterocycles. The Morgan fingerprint density at radius 1 is 1.00 bits per heavy atom. The van der Waals surface area contributed by atoms with Gasteiger partial charge in [-0.1, -0.05) is 25.0 Å². The Morgan fingerprint density at radius 2 is 1.79 bits per heavy atom. The Bertz CT molecular complexity index is 968. The van der Waals surface area contributed by atoms with Crippen molar-refractivity contribution in [2.75, 3.05) is 0 Å². The molecule has 0 bridgehead atoms. The van der Waals surface area contributed by atoms with Crippen LogP contribution in [0.5, 0.6) is 0 Å². The molecular formula is C23H24F3N3. The predicted molar refractivity (Wildman–Crippen MR) is 107 cm³/mol. The van der Waals surface area contributed by atoms with Gasteiger partial charge in [-0.15, -0.1) is 0 Å². The number of nitrogens with zero attached hydrogens (tertiary/aromatic N) is 2. The van der Waals surface area contributed by atoms with Crippen molar-refractivity contribution in [1.82, 2.24) is 15.0 Å². The van der Waals surface area contributed by atoms with Gasteiger partial charge in [0.25, 0.3) is 0 Å². The molecule has 3 aromatic rings. The molecule has 1 aliphatic carbocycles. The Balaban J connectivity index is 1.42. The molecule has 2 heterocycles. The Hall–Kier alpha value is -2.63. The molecule has 0 atom stereocenters. The minimum Gasteiger partial charge on any atom is -0.342 e. The van der Waals surface area contributed by atoms with Gasteiger partial charge in [0.2, 0.25) is 0 Å². The number of nitrogens with one attached hydrogen (secondary N) is 1. The number of rotatable bonds is 5. The van der Waals surface area contributed by atoms with Crippen molar-refractivity contribution in [2.24, 2.45) is 0 Å². The van der Waals surface area contributed by atoms with E-state index in [0.29, 0.717) is 18.0 Å². The summed E-state index contributed by atoms with van der Waals surface area (Å²) in [6, 6.07) is 8.86. The number of H-pyrrole nitrogens is 1. The summed E-state index contributed by atoms with van der Waals surface area (Å²) in [5, 5.41) is 0. The van der Waals surface area contributed by atoms with Gasteiger partial charge in [0, 0.05) is 17.8 Å². The highest BCUT2D eigenvalue weighted by molar-refractivity contribution is 5.60. The van der Waals surface area contributed by atoms with Gasteiger partial charge < -0.3 is 4.98 Å². The fourth-order valence-corrected chi connectivity index (χ4v) is 4.04. The number of hydrogen-bond acceptors (Lipinski definition) is 2. The third-order valence-electron chi connectivity index (χ3n) is 5.79. The lowest BCUT2D eigenvalue weighted by Crippen LogP contribution is -2.06. The molecular weight excluding hydrogens is 375 g/mol. The van der Waals surface area contributed by atoms with Crippen LogP contribution in [0.1, 0.15) is 59.8 Å². The van der Waals surface area contributed by atoms with Gasteiger partial charge >= 0.3 is 6.18 Å². The number of halogens is 3. The van der Waals surface area contributed by atoms with Crippen molar-refractivity contribution < 1.29 is 13.2 Å². The topological polar surface area (TPSA) is 41.6 Å². The second-order valence-corrected chi connectivity index (χ2v) is 7.84. The van der Waals surface area contributed by atoms with Crippen molar-refractivity contribution in [3.8, 4) is 11.3 Å². The van der Waals surface area contributed by atoms with Gasteiger partial charge in [0.1, 0.15) is 5.82 Å². The zero-order valence-corrected chi connectivity index (χ0v) is 16.4.